The molecular weight excluding hydrogens is 501 g/mol. The number of benzene rings is 3. The van der Waals surface area contributed by atoms with Gasteiger partial charge in [0.15, 0.2) is 0 Å². The van der Waals surface area contributed by atoms with E-state index < -0.39 is 34.3 Å². The van der Waals surface area contributed by atoms with Gasteiger partial charge in [0.25, 0.3) is 5.91 Å². The number of amides is 1. The van der Waals surface area contributed by atoms with Crippen LogP contribution in [-0.2, 0) is 27.5 Å². The van der Waals surface area contributed by atoms with Gasteiger partial charge in [0.1, 0.15) is 17.3 Å². The number of aliphatic hydroxyl groups is 1. The Kier molecular flexibility index (Phi) is 8.35. The quantitative estimate of drug-likeness (QED) is 0.366. The number of rotatable bonds is 9. The van der Waals surface area contributed by atoms with Crippen LogP contribution < -0.4 is 15.2 Å². The van der Waals surface area contributed by atoms with Crippen LogP contribution in [0.1, 0.15) is 21.5 Å². The fourth-order valence-corrected chi connectivity index (χ4v) is 4.12. The average molecular weight is 525 g/mol. The summed E-state index contributed by atoms with van der Waals surface area (Å²) < 4.78 is 74.3. The molecule has 0 fully saturated rings. The Morgan fingerprint density at radius 2 is 1.75 bits per heavy atom. The molecule has 1 amide bonds. The monoisotopic (exact) mass is 524 g/mol. The van der Waals surface area contributed by atoms with E-state index in [-0.39, 0.29) is 51.8 Å². The van der Waals surface area contributed by atoms with Crippen molar-refractivity contribution in [3.63, 3.8) is 0 Å². The van der Waals surface area contributed by atoms with Gasteiger partial charge in [-0.25, -0.2) is 13.6 Å². The van der Waals surface area contributed by atoms with Gasteiger partial charge in [0.2, 0.25) is 10.0 Å². The molecular formula is C24H23F3N2O6S. The molecule has 12 heteroatoms. The van der Waals surface area contributed by atoms with Crippen LogP contribution in [0.4, 0.5) is 18.9 Å². The number of carbonyl (C=O) groups excluding carboxylic acids is 1. The molecule has 0 saturated heterocycles. The summed E-state index contributed by atoms with van der Waals surface area (Å²) in [6.07, 6.45) is -4.59. The number of hydrogen-bond acceptors (Lipinski definition) is 6. The fraction of sp³-hybridized carbons (Fsp3) is 0.208. The maximum absolute atomic E-state index is 13.5. The lowest BCUT2D eigenvalue weighted by molar-refractivity contribution is -0.137. The van der Waals surface area contributed by atoms with Crippen molar-refractivity contribution in [1.29, 1.82) is 0 Å². The fourth-order valence-electron chi connectivity index (χ4n) is 3.47. The molecule has 3 aromatic carbocycles. The lowest BCUT2D eigenvalue weighted by atomic mass is 9.95. The molecule has 0 atom stereocenters. The molecule has 3 rings (SSSR count). The molecule has 0 aliphatic heterocycles. The van der Waals surface area contributed by atoms with Gasteiger partial charge < -0.3 is 19.9 Å². The third-order valence-corrected chi connectivity index (χ3v) is 6.06. The first-order chi connectivity index (χ1) is 17.0. The van der Waals surface area contributed by atoms with Crippen molar-refractivity contribution in [2.45, 2.75) is 17.7 Å². The molecule has 8 nitrogen and oxygen atoms in total. The van der Waals surface area contributed by atoms with E-state index in [1.165, 1.54) is 55.6 Å². The van der Waals surface area contributed by atoms with Gasteiger partial charge in [-0.2, -0.15) is 13.2 Å². The van der Waals surface area contributed by atoms with Gasteiger partial charge in [-0.3, -0.25) is 4.79 Å². The van der Waals surface area contributed by atoms with Crippen LogP contribution in [0.5, 0.6) is 5.75 Å². The average Bonchev–Trinajstić information content (AvgIpc) is 2.83. The molecule has 0 radical (unpaired) electrons. The predicted octanol–water partition coefficient (Wildman–Crippen LogP) is 3.79. The van der Waals surface area contributed by atoms with Crippen LogP contribution in [0.3, 0.4) is 0 Å². The summed E-state index contributed by atoms with van der Waals surface area (Å²) in [6.45, 7) is -0.412. The normalized spacial score (nSPS) is 11.8. The summed E-state index contributed by atoms with van der Waals surface area (Å²) in [5.74, 6) is -0.794. The molecule has 0 unspecified atom stereocenters. The molecule has 0 spiro atoms. The smallest absolute Gasteiger partial charge is 0.417 e. The number of anilines is 1. The van der Waals surface area contributed by atoms with E-state index >= 15 is 0 Å². The second-order valence-corrected chi connectivity index (χ2v) is 9.11. The summed E-state index contributed by atoms with van der Waals surface area (Å²) in [7, 11) is -2.70. The van der Waals surface area contributed by atoms with Crippen molar-refractivity contribution < 1.29 is 41.0 Å². The highest BCUT2D eigenvalue weighted by molar-refractivity contribution is 7.89. The van der Waals surface area contributed by atoms with Crippen molar-refractivity contribution in [3.8, 4) is 16.9 Å². The molecule has 0 saturated carbocycles. The first kappa shape index (κ1) is 27.1. The number of methoxy groups -OCH3 is 1. The van der Waals surface area contributed by atoms with Crippen molar-refractivity contribution in [1.82, 2.24) is 0 Å². The first-order valence-electron chi connectivity index (χ1n) is 10.5. The minimum Gasteiger partial charge on any atom is -0.490 e. The highest BCUT2D eigenvalue weighted by Crippen LogP contribution is 2.38. The largest absolute Gasteiger partial charge is 0.490 e. The van der Waals surface area contributed by atoms with E-state index in [1.807, 2.05) is 0 Å². The van der Waals surface area contributed by atoms with Crippen LogP contribution in [0.15, 0.2) is 65.6 Å². The van der Waals surface area contributed by atoms with Gasteiger partial charge >= 0.3 is 6.18 Å². The van der Waals surface area contributed by atoms with Crippen LogP contribution in [-0.4, -0.2) is 39.8 Å². The van der Waals surface area contributed by atoms with Crippen molar-refractivity contribution in [3.05, 3.63) is 77.4 Å². The molecule has 0 aliphatic carbocycles. The maximum Gasteiger partial charge on any atom is 0.417 e. The Labute approximate surface area is 205 Å². The first-order valence-corrected chi connectivity index (χ1v) is 12.0. The number of nitrogens with two attached hydrogens (primary N) is 1. The van der Waals surface area contributed by atoms with E-state index in [4.69, 9.17) is 14.6 Å². The van der Waals surface area contributed by atoms with Crippen molar-refractivity contribution in [2.75, 3.05) is 25.6 Å². The summed E-state index contributed by atoms with van der Waals surface area (Å²) in [6, 6.07) is 12.7. The summed E-state index contributed by atoms with van der Waals surface area (Å²) in [5.41, 5.74) is -0.398. The maximum atomic E-state index is 13.5. The Balaban J connectivity index is 1.91. The number of ether oxygens (including phenoxy) is 2. The van der Waals surface area contributed by atoms with Crippen LogP contribution in [0.2, 0.25) is 0 Å². The van der Waals surface area contributed by atoms with E-state index in [9.17, 15) is 31.5 Å². The molecule has 3 aromatic rings. The number of primary sulfonamides is 1. The number of alkyl halides is 3. The van der Waals surface area contributed by atoms with Gasteiger partial charge in [0.05, 0.1) is 18.8 Å². The Bertz CT molecular complexity index is 1360. The highest BCUT2D eigenvalue weighted by Gasteiger charge is 2.33. The highest BCUT2D eigenvalue weighted by atomic mass is 32.2. The lowest BCUT2D eigenvalue weighted by Gasteiger charge is -2.16. The lowest BCUT2D eigenvalue weighted by Crippen LogP contribution is -2.17. The van der Waals surface area contributed by atoms with Crippen molar-refractivity contribution >= 4 is 21.6 Å². The topological polar surface area (TPSA) is 128 Å². The third kappa shape index (κ3) is 6.40. The van der Waals surface area contributed by atoms with Gasteiger partial charge in [-0.05, 0) is 53.1 Å². The minimum atomic E-state index is -4.59. The second-order valence-electron chi connectivity index (χ2n) is 7.58. The van der Waals surface area contributed by atoms with E-state index in [0.717, 1.165) is 12.1 Å². The number of carbonyl (C=O) groups is 1. The molecule has 4 N–H and O–H groups in total. The Morgan fingerprint density at radius 1 is 1.03 bits per heavy atom. The zero-order chi connectivity index (χ0) is 26.5. The number of hydrogen-bond donors (Lipinski definition) is 3. The van der Waals surface area contributed by atoms with Gasteiger partial charge in [-0.15, -0.1) is 0 Å². The Morgan fingerprint density at radius 3 is 2.39 bits per heavy atom. The van der Waals surface area contributed by atoms with Crippen LogP contribution >= 0.6 is 0 Å². The minimum absolute atomic E-state index is 0.00478. The van der Waals surface area contributed by atoms with Crippen molar-refractivity contribution in [2.24, 2.45) is 5.14 Å². The Hall–Kier alpha value is -3.45. The molecule has 0 heterocycles. The second kappa shape index (κ2) is 11.1. The number of nitrogens with one attached hydrogen (secondary N) is 1. The molecule has 36 heavy (non-hydrogen) atoms. The summed E-state index contributed by atoms with van der Waals surface area (Å²) in [4.78, 5) is 12.5. The number of sulfonamides is 1. The number of halogens is 3. The van der Waals surface area contributed by atoms with E-state index in [2.05, 4.69) is 5.32 Å². The van der Waals surface area contributed by atoms with Crippen LogP contribution in [0, 0.1) is 0 Å². The summed E-state index contributed by atoms with van der Waals surface area (Å²) in [5, 5.41) is 17.6. The van der Waals surface area contributed by atoms with Gasteiger partial charge in [0, 0.05) is 18.4 Å². The van der Waals surface area contributed by atoms with E-state index in [0.29, 0.717) is 0 Å². The van der Waals surface area contributed by atoms with Gasteiger partial charge in [-0.1, -0.05) is 24.3 Å². The standard InChI is InChI=1S/C24H23F3N2O6S/c1-34-10-11-35-21-13-15(6-9-22(21)36(28,32)33)23(31)29-17-7-8-18(16(12-17)14-30)19-4-2-3-5-20(19)24(25,26)27/h2-9,12-13,30H,10-11,14H2,1H3,(H,29,31)(H2,28,32,33). The molecule has 0 aliphatic rings. The van der Waals surface area contributed by atoms with Crippen LogP contribution in [0.25, 0.3) is 11.1 Å². The zero-order valence-corrected chi connectivity index (χ0v) is 19.8. The SMILES string of the molecule is COCCOc1cc(C(=O)Nc2ccc(-c3ccccc3C(F)(F)F)c(CO)c2)ccc1S(N)(=O)=O. The predicted molar refractivity (Wildman–Crippen MR) is 126 cm³/mol. The van der Waals surface area contributed by atoms with E-state index in [1.54, 1.807) is 0 Å². The summed E-state index contributed by atoms with van der Waals surface area (Å²) >= 11 is 0. The molecule has 0 aromatic heterocycles. The zero-order valence-electron chi connectivity index (χ0n) is 19.0. The molecule has 0 bridgehead atoms. The third-order valence-electron chi connectivity index (χ3n) is 5.11. The molecule has 192 valence electrons. The number of aliphatic hydroxyl groups excluding tert-OH is 1.